The highest BCUT2D eigenvalue weighted by atomic mass is 16.5. The Labute approximate surface area is 67.2 Å². The zero-order chi connectivity index (χ0) is 8.74. The third-order valence-corrected chi connectivity index (χ3v) is 1.67. The Morgan fingerprint density at radius 3 is 1.73 bits per heavy atom. The summed E-state index contributed by atoms with van der Waals surface area (Å²) in [5, 5.41) is 26.8. The first kappa shape index (κ1) is 10.8. The van der Waals surface area contributed by atoms with E-state index >= 15 is 0 Å². The van der Waals surface area contributed by atoms with Gasteiger partial charge in [0.15, 0.2) is 0 Å². The molecule has 0 fully saturated rings. The lowest BCUT2D eigenvalue weighted by atomic mass is 10.4. The largest absolute Gasteiger partial charge is 0.390 e. The van der Waals surface area contributed by atoms with Gasteiger partial charge >= 0.3 is 0 Å². The standard InChI is InChI=1S/C7H18NO3/c1-2-3-8(11,4-6-9)5-7-10/h9-11H,2-7H2,1H3/q+1. The molecule has 0 amide bonds. The van der Waals surface area contributed by atoms with Crippen molar-refractivity contribution in [1.82, 2.24) is 0 Å². The average molecular weight is 164 g/mol. The Morgan fingerprint density at radius 1 is 1.00 bits per heavy atom. The predicted molar refractivity (Wildman–Crippen MR) is 41.1 cm³/mol. The summed E-state index contributed by atoms with van der Waals surface area (Å²) in [5.41, 5.74) is 0. The van der Waals surface area contributed by atoms with Crippen LogP contribution in [-0.4, -0.2) is 52.9 Å². The minimum absolute atomic E-state index is 0.0451. The molecule has 0 rings (SSSR count). The molecule has 0 aliphatic carbocycles. The summed E-state index contributed by atoms with van der Waals surface area (Å²) in [5.74, 6) is 0. The first-order chi connectivity index (χ1) is 5.18. The van der Waals surface area contributed by atoms with Crippen LogP contribution in [0.4, 0.5) is 0 Å². The van der Waals surface area contributed by atoms with Crippen molar-refractivity contribution >= 4 is 0 Å². The molecule has 4 nitrogen and oxygen atoms in total. The van der Waals surface area contributed by atoms with Crippen molar-refractivity contribution in [2.45, 2.75) is 13.3 Å². The van der Waals surface area contributed by atoms with Crippen LogP contribution < -0.4 is 0 Å². The Bertz CT molecular complexity index is 80.7. The van der Waals surface area contributed by atoms with Gasteiger partial charge in [-0.05, 0) is 6.42 Å². The normalized spacial score (nSPS) is 12.0. The summed E-state index contributed by atoms with van der Waals surface area (Å²) in [6.07, 6.45) is 0.844. The van der Waals surface area contributed by atoms with E-state index in [0.717, 1.165) is 6.42 Å². The summed E-state index contributed by atoms with van der Waals surface area (Å²) in [4.78, 5) is 0. The lowest BCUT2D eigenvalue weighted by Crippen LogP contribution is -2.49. The number of hydroxylamine groups is 3. The molecule has 0 aliphatic rings. The molecule has 0 saturated heterocycles. The van der Waals surface area contributed by atoms with Gasteiger partial charge in [-0.2, -0.15) is 4.65 Å². The van der Waals surface area contributed by atoms with Gasteiger partial charge in [-0.3, -0.25) is 0 Å². The van der Waals surface area contributed by atoms with Crippen LogP contribution >= 0.6 is 0 Å². The van der Waals surface area contributed by atoms with Crippen molar-refractivity contribution in [3.63, 3.8) is 0 Å². The molecule has 0 aliphatic heterocycles. The SMILES string of the molecule is CCC[N+](O)(CCO)CCO. The zero-order valence-corrected chi connectivity index (χ0v) is 7.03. The summed E-state index contributed by atoms with van der Waals surface area (Å²) < 4.78 is -0.219. The molecular weight excluding hydrogens is 146 g/mol. The number of quaternary nitrogens is 1. The molecule has 0 saturated carbocycles. The molecular formula is C7H18NO3+. The number of aliphatic hydroxyl groups is 2. The second-order valence-corrected chi connectivity index (χ2v) is 2.71. The van der Waals surface area contributed by atoms with Crippen molar-refractivity contribution in [2.24, 2.45) is 0 Å². The monoisotopic (exact) mass is 164 g/mol. The van der Waals surface area contributed by atoms with Gasteiger partial charge in [-0.25, -0.2) is 5.21 Å². The third-order valence-electron chi connectivity index (χ3n) is 1.67. The van der Waals surface area contributed by atoms with E-state index in [1.54, 1.807) is 0 Å². The fourth-order valence-corrected chi connectivity index (χ4v) is 1.12. The number of rotatable bonds is 6. The molecule has 0 spiro atoms. The fourth-order valence-electron chi connectivity index (χ4n) is 1.12. The van der Waals surface area contributed by atoms with Crippen LogP contribution in [0.3, 0.4) is 0 Å². The quantitative estimate of drug-likeness (QED) is 0.369. The van der Waals surface area contributed by atoms with Crippen LogP contribution in [-0.2, 0) is 0 Å². The molecule has 0 aromatic heterocycles. The highest BCUT2D eigenvalue weighted by Gasteiger charge is 2.22. The lowest BCUT2D eigenvalue weighted by Gasteiger charge is -2.28. The smallest absolute Gasteiger partial charge is 0.132 e. The Morgan fingerprint density at radius 2 is 1.45 bits per heavy atom. The second kappa shape index (κ2) is 5.49. The zero-order valence-electron chi connectivity index (χ0n) is 7.03. The van der Waals surface area contributed by atoms with Crippen molar-refractivity contribution in [3.05, 3.63) is 0 Å². The molecule has 0 heterocycles. The maximum atomic E-state index is 9.63. The van der Waals surface area contributed by atoms with E-state index in [9.17, 15) is 5.21 Å². The molecule has 0 aromatic carbocycles. The minimum atomic E-state index is -0.219. The average Bonchev–Trinajstić information content (AvgIpc) is 1.88. The van der Waals surface area contributed by atoms with E-state index in [1.807, 2.05) is 6.92 Å². The minimum Gasteiger partial charge on any atom is -0.390 e. The highest BCUT2D eigenvalue weighted by molar-refractivity contribution is 4.33. The van der Waals surface area contributed by atoms with Gasteiger partial charge in [0.2, 0.25) is 0 Å². The molecule has 0 bridgehead atoms. The number of hydrogen-bond donors (Lipinski definition) is 3. The third kappa shape index (κ3) is 4.31. The van der Waals surface area contributed by atoms with E-state index < -0.39 is 0 Å². The molecule has 68 valence electrons. The van der Waals surface area contributed by atoms with Gasteiger partial charge in [0.25, 0.3) is 0 Å². The van der Waals surface area contributed by atoms with Crippen LogP contribution in [0.1, 0.15) is 13.3 Å². The van der Waals surface area contributed by atoms with Crippen LogP contribution in [0.25, 0.3) is 0 Å². The number of nitrogens with zero attached hydrogens (tertiary/aromatic N) is 1. The van der Waals surface area contributed by atoms with Crippen LogP contribution in [0.15, 0.2) is 0 Å². The topological polar surface area (TPSA) is 60.7 Å². The molecule has 0 radical (unpaired) electrons. The molecule has 4 heteroatoms. The molecule has 0 atom stereocenters. The Balaban J connectivity index is 3.79. The van der Waals surface area contributed by atoms with Crippen LogP contribution in [0.5, 0.6) is 0 Å². The van der Waals surface area contributed by atoms with Gasteiger partial charge in [-0.15, -0.1) is 0 Å². The molecule has 11 heavy (non-hydrogen) atoms. The molecule has 0 unspecified atom stereocenters. The second-order valence-electron chi connectivity index (χ2n) is 2.71. The Kier molecular flexibility index (Phi) is 5.41. The van der Waals surface area contributed by atoms with Gasteiger partial charge in [-0.1, -0.05) is 6.92 Å². The van der Waals surface area contributed by atoms with Crippen molar-refractivity contribution in [1.29, 1.82) is 0 Å². The molecule has 0 aromatic rings. The Hall–Kier alpha value is -0.160. The number of aliphatic hydroxyl groups excluding tert-OH is 2. The van der Waals surface area contributed by atoms with Gasteiger partial charge in [0.05, 0.1) is 13.2 Å². The van der Waals surface area contributed by atoms with E-state index in [0.29, 0.717) is 19.6 Å². The molecule has 3 N–H and O–H groups in total. The van der Waals surface area contributed by atoms with Crippen LogP contribution in [0, 0.1) is 0 Å². The summed E-state index contributed by atoms with van der Waals surface area (Å²) in [6.45, 7) is 3.05. The maximum absolute atomic E-state index is 9.63. The summed E-state index contributed by atoms with van der Waals surface area (Å²) in [6, 6.07) is 0. The van der Waals surface area contributed by atoms with E-state index in [1.165, 1.54) is 0 Å². The first-order valence-electron chi connectivity index (χ1n) is 3.99. The van der Waals surface area contributed by atoms with E-state index in [4.69, 9.17) is 10.2 Å². The van der Waals surface area contributed by atoms with Gasteiger partial charge < -0.3 is 10.2 Å². The van der Waals surface area contributed by atoms with E-state index in [-0.39, 0.29) is 17.9 Å². The van der Waals surface area contributed by atoms with E-state index in [2.05, 4.69) is 0 Å². The van der Waals surface area contributed by atoms with Gasteiger partial charge in [0.1, 0.15) is 19.6 Å². The highest BCUT2D eigenvalue weighted by Crippen LogP contribution is 2.01. The summed E-state index contributed by atoms with van der Waals surface area (Å²) >= 11 is 0. The summed E-state index contributed by atoms with van der Waals surface area (Å²) in [7, 11) is 0. The predicted octanol–water partition coefficient (Wildman–Crippen LogP) is -0.413. The van der Waals surface area contributed by atoms with Crippen molar-refractivity contribution < 1.29 is 20.1 Å². The maximum Gasteiger partial charge on any atom is 0.132 e. The van der Waals surface area contributed by atoms with Crippen LogP contribution in [0.2, 0.25) is 0 Å². The van der Waals surface area contributed by atoms with Gasteiger partial charge in [0, 0.05) is 0 Å². The fraction of sp³-hybridized carbons (Fsp3) is 1.00. The first-order valence-corrected chi connectivity index (χ1v) is 3.99. The van der Waals surface area contributed by atoms with Crippen molar-refractivity contribution in [3.8, 4) is 0 Å². The number of hydrogen-bond acceptors (Lipinski definition) is 3. The van der Waals surface area contributed by atoms with Crippen molar-refractivity contribution in [2.75, 3.05) is 32.8 Å². The lowest BCUT2D eigenvalue weighted by molar-refractivity contribution is -1.10.